The molecule has 15 heavy (non-hydrogen) atoms. The Morgan fingerprint density at radius 2 is 2.20 bits per heavy atom. The first-order valence-electron chi connectivity index (χ1n) is 6.22. The fourth-order valence-corrected chi connectivity index (χ4v) is 2.92. The molecule has 86 valence electrons. The van der Waals surface area contributed by atoms with Crippen LogP contribution in [0.25, 0.3) is 0 Å². The summed E-state index contributed by atoms with van der Waals surface area (Å²) in [6.45, 7) is 6.57. The molecule has 0 aromatic carbocycles. The van der Waals surface area contributed by atoms with Gasteiger partial charge in [0.05, 0.1) is 0 Å². The average Bonchev–Trinajstić information content (AvgIpc) is 2.61. The highest BCUT2D eigenvalue weighted by molar-refractivity contribution is 5.79. The quantitative estimate of drug-likeness (QED) is 0.747. The van der Waals surface area contributed by atoms with E-state index in [4.69, 9.17) is 0 Å². The van der Waals surface area contributed by atoms with Crippen LogP contribution in [-0.4, -0.2) is 36.0 Å². The molecule has 2 heterocycles. The van der Waals surface area contributed by atoms with Crippen molar-refractivity contribution in [3.05, 3.63) is 0 Å². The maximum absolute atomic E-state index is 11.9. The van der Waals surface area contributed by atoms with E-state index in [1.54, 1.807) is 0 Å². The number of amides is 1. The molecule has 2 aliphatic heterocycles. The summed E-state index contributed by atoms with van der Waals surface area (Å²) in [5, 5.41) is 3.40. The summed E-state index contributed by atoms with van der Waals surface area (Å²) in [6.07, 6.45) is 4.22. The molecule has 2 fully saturated rings. The van der Waals surface area contributed by atoms with Crippen LogP contribution < -0.4 is 5.32 Å². The second kappa shape index (κ2) is 4.52. The van der Waals surface area contributed by atoms with Gasteiger partial charge in [-0.1, -0.05) is 13.8 Å². The molecular formula is C12H22N2O. The number of carbonyl (C=O) groups is 1. The van der Waals surface area contributed by atoms with Gasteiger partial charge in [-0.25, -0.2) is 0 Å². The van der Waals surface area contributed by atoms with Gasteiger partial charge < -0.3 is 10.2 Å². The molecule has 3 nitrogen and oxygen atoms in total. The zero-order valence-electron chi connectivity index (χ0n) is 9.83. The third kappa shape index (κ3) is 2.17. The lowest BCUT2D eigenvalue weighted by Gasteiger charge is -2.37. The normalized spacial score (nSPS) is 32.7. The topological polar surface area (TPSA) is 32.3 Å². The summed E-state index contributed by atoms with van der Waals surface area (Å²) >= 11 is 0. The van der Waals surface area contributed by atoms with Crippen molar-refractivity contribution in [3.8, 4) is 0 Å². The van der Waals surface area contributed by atoms with Gasteiger partial charge in [-0.3, -0.25) is 4.79 Å². The third-order valence-corrected chi connectivity index (χ3v) is 3.73. The van der Waals surface area contributed by atoms with Crippen molar-refractivity contribution in [2.45, 2.75) is 51.6 Å². The molecule has 0 aliphatic carbocycles. The summed E-state index contributed by atoms with van der Waals surface area (Å²) in [6, 6.07) is 0.948. The average molecular weight is 210 g/mol. The summed E-state index contributed by atoms with van der Waals surface area (Å²) in [5.41, 5.74) is 0. The van der Waals surface area contributed by atoms with Crippen LogP contribution in [0.4, 0.5) is 0 Å². The van der Waals surface area contributed by atoms with Crippen molar-refractivity contribution >= 4 is 5.91 Å². The molecule has 0 saturated carbocycles. The zero-order valence-corrected chi connectivity index (χ0v) is 9.83. The van der Waals surface area contributed by atoms with Gasteiger partial charge in [-0.2, -0.15) is 0 Å². The number of nitrogens with zero attached hydrogens (tertiary/aromatic N) is 1. The van der Waals surface area contributed by atoms with Gasteiger partial charge in [0, 0.05) is 25.0 Å². The van der Waals surface area contributed by atoms with E-state index in [1.807, 2.05) is 0 Å². The highest BCUT2D eigenvalue weighted by Crippen LogP contribution is 2.28. The lowest BCUT2D eigenvalue weighted by Crippen LogP contribution is -2.51. The molecule has 2 rings (SSSR count). The van der Waals surface area contributed by atoms with Crippen LogP contribution in [-0.2, 0) is 4.79 Å². The van der Waals surface area contributed by atoms with E-state index in [-0.39, 0.29) is 0 Å². The number of nitrogens with one attached hydrogen (secondary N) is 1. The summed E-state index contributed by atoms with van der Waals surface area (Å²) in [4.78, 5) is 14.1. The smallest absolute Gasteiger partial charge is 0.223 e. The predicted molar refractivity (Wildman–Crippen MR) is 60.6 cm³/mol. The maximum Gasteiger partial charge on any atom is 0.223 e. The lowest BCUT2D eigenvalue weighted by molar-refractivity contribution is -0.132. The van der Waals surface area contributed by atoms with Crippen molar-refractivity contribution in [2.75, 3.05) is 13.1 Å². The van der Waals surface area contributed by atoms with E-state index in [9.17, 15) is 4.79 Å². The largest absolute Gasteiger partial charge is 0.335 e. The molecule has 1 N–H and O–H groups in total. The van der Waals surface area contributed by atoms with Gasteiger partial charge in [-0.05, 0) is 31.7 Å². The molecule has 0 aromatic rings. The van der Waals surface area contributed by atoms with Crippen molar-refractivity contribution in [2.24, 2.45) is 5.92 Å². The number of piperidine rings is 1. The first-order chi connectivity index (χ1) is 7.20. The molecular weight excluding hydrogens is 188 g/mol. The van der Waals surface area contributed by atoms with Crippen molar-refractivity contribution in [1.29, 1.82) is 0 Å². The van der Waals surface area contributed by atoms with E-state index in [1.165, 1.54) is 12.8 Å². The standard InChI is InChI=1S/C12H22N2O/c1-9(2)11-5-6-12(15)14(11)10-4-3-7-13-8-10/h9-11,13H,3-8H2,1-2H3/t10-,11+/m0/s1. The molecule has 2 saturated heterocycles. The van der Waals surface area contributed by atoms with Gasteiger partial charge in [-0.15, -0.1) is 0 Å². The Morgan fingerprint density at radius 3 is 2.80 bits per heavy atom. The van der Waals surface area contributed by atoms with E-state index >= 15 is 0 Å². The highest BCUT2D eigenvalue weighted by Gasteiger charge is 2.37. The Bertz CT molecular complexity index is 234. The van der Waals surface area contributed by atoms with E-state index in [0.717, 1.165) is 25.9 Å². The van der Waals surface area contributed by atoms with Crippen LogP contribution in [0.5, 0.6) is 0 Å². The van der Waals surface area contributed by atoms with Crippen LogP contribution in [0, 0.1) is 5.92 Å². The van der Waals surface area contributed by atoms with E-state index < -0.39 is 0 Å². The molecule has 0 spiro atoms. The number of likely N-dealkylation sites (tertiary alicyclic amines) is 1. The molecule has 0 aromatic heterocycles. The Labute approximate surface area is 92.2 Å². The molecule has 0 bridgehead atoms. The number of rotatable bonds is 2. The second-order valence-electron chi connectivity index (χ2n) is 5.15. The number of hydrogen-bond acceptors (Lipinski definition) is 2. The van der Waals surface area contributed by atoms with Gasteiger partial charge in [0.25, 0.3) is 0 Å². The van der Waals surface area contributed by atoms with Crippen molar-refractivity contribution < 1.29 is 4.79 Å². The molecule has 2 aliphatic rings. The minimum Gasteiger partial charge on any atom is -0.335 e. The fraction of sp³-hybridized carbons (Fsp3) is 0.917. The third-order valence-electron chi connectivity index (χ3n) is 3.73. The zero-order chi connectivity index (χ0) is 10.8. The van der Waals surface area contributed by atoms with E-state index in [2.05, 4.69) is 24.1 Å². The monoisotopic (exact) mass is 210 g/mol. The van der Waals surface area contributed by atoms with Gasteiger partial charge in [0.15, 0.2) is 0 Å². The highest BCUT2D eigenvalue weighted by atomic mass is 16.2. The minimum atomic E-state index is 0.377. The minimum absolute atomic E-state index is 0.377. The molecule has 3 heteroatoms. The molecule has 1 amide bonds. The van der Waals surface area contributed by atoms with Crippen LogP contribution in [0.15, 0.2) is 0 Å². The van der Waals surface area contributed by atoms with Gasteiger partial charge >= 0.3 is 0 Å². The SMILES string of the molecule is CC(C)[C@H]1CCC(=O)N1[C@H]1CCCNC1. The Kier molecular flexibility index (Phi) is 3.29. The van der Waals surface area contributed by atoms with Crippen LogP contribution in [0.1, 0.15) is 39.5 Å². The van der Waals surface area contributed by atoms with Gasteiger partial charge in [0.2, 0.25) is 5.91 Å². The fourth-order valence-electron chi connectivity index (χ4n) is 2.92. The lowest BCUT2D eigenvalue weighted by atomic mass is 9.98. The first-order valence-corrected chi connectivity index (χ1v) is 6.22. The first kappa shape index (κ1) is 10.9. The number of carbonyl (C=O) groups excluding carboxylic acids is 1. The maximum atomic E-state index is 11.9. The van der Waals surface area contributed by atoms with Gasteiger partial charge in [0.1, 0.15) is 0 Å². The van der Waals surface area contributed by atoms with Crippen molar-refractivity contribution in [1.82, 2.24) is 10.2 Å². The Balaban J connectivity index is 2.05. The van der Waals surface area contributed by atoms with Crippen molar-refractivity contribution in [3.63, 3.8) is 0 Å². The summed E-state index contributed by atoms with van der Waals surface area (Å²) in [5.74, 6) is 0.973. The summed E-state index contributed by atoms with van der Waals surface area (Å²) in [7, 11) is 0. The Morgan fingerprint density at radius 1 is 1.40 bits per heavy atom. The molecule has 0 radical (unpaired) electrons. The van der Waals surface area contributed by atoms with E-state index in [0.29, 0.717) is 23.9 Å². The Hall–Kier alpha value is -0.570. The molecule has 0 unspecified atom stereocenters. The second-order valence-corrected chi connectivity index (χ2v) is 5.15. The molecule has 2 atom stereocenters. The van der Waals surface area contributed by atoms with Crippen LogP contribution >= 0.6 is 0 Å². The summed E-state index contributed by atoms with van der Waals surface area (Å²) < 4.78 is 0. The van der Waals surface area contributed by atoms with Crippen LogP contribution in [0.3, 0.4) is 0 Å². The van der Waals surface area contributed by atoms with Crippen LogP contribution in [0.2, 0.25) is 0 Å². The predicted octanol–water partition coefficient (Wildman–Crippen LogP) is 1.39. The number of hydrogen-bond donors (Lipinski definition) is 1.